The molecule has 0 atom stereocenters. The van der Waals surface area contributed by atoms with Crippen LogP contribution in [0.2, 0.25) is 0 Å². The number of pyridine rings is 1. The van der Waals surface area contributed by atoms with Crippen LogP contribution < -0.4 is 0 Å². The van der Waals surface area contributed by atoms with Crippen molar-refractivity contribution in [2.75, 3.05) is 0 Å². The summed E-state index contributed by atoms with van der Waals surface area (Å²) in [5.74, 6) is 0.205. The van der Waals surface area contributed by atoms with Crippen LogP contribution in [-0.2, 0) is 6.42 Å². The highest BCUT2D eigenvalue weighted by Crippen LogP contribution is 2.32. The number of nitrogens with zero attached hydrogens (tertiary/aromatic N) is 1. The summed E-state index contributed by atoms with van der Waals surface area (Å²) in [6, 6.07) is 1.41. The van der Waals surface area contributed by atoms with Gasteiger partial charge in [0, 0.05) is 6.20 Å². The average molecular weight is 179 g/mol. The lowest BCUT2D eigenvalue weighted by molar-refractivity contribution is 0.111. The molecule has 0 spiro atoms. The maximum Gasteiger partial charge on any atom is 0.171 e. The molecule has 1 heterocycles. The second kappa shape index (κ2) is 3.24. The molecule has 0 saturated heterocycles. The van der Waals surface area contributed by atoms with E-state index in [-0.39, 0.29) is 5.69 Å². The van der Waals surface area contributed by atoms with E-state index in [1.165, 1.54) is 18.9 Å². The van der Waals surface area contributed by atoms with Crippen molar-refractivity contribution in [1.82, 2.24) is 4.98 Å². The smallest absolute Gasteiger partial charge is 0.171 e. The number of aromatic nitrogens is 1. The normalized spacial score (nSPS) is 15.8. The molecule has 2 rings (SSSR count). The van der Waals surface area contributed by atoms with Gasteiger partial charge in [0.1, 0.15) is 5.69 Å². The van der Waals surface area contributed by atoms with Crippen molar-refractivity contribution in [1.29, 1.82) is 0 Å². The van der Waals surface area contributed by atoms with Gasteiger partial charge in [-0.15, -0.1) is 0 Å². The van der Waals surface area contributed by atoms with Gasteiger partial charge in [0.05, 0.1) is 0 Å². The molecule has 1 aromatic rings. The van der Waals surface area contributed by atoms with E-state index in [0.29, 0.717) is 12.2 Å². The Morgan fingerprint density at radius 1 is 1.62 bits per heavy atom. The topological polar surface area (TPSA) is 30.0 Å². The molecular formula is C10H10FNO. The van der Waals surface area contributed by atoms with Crippen LogP contribution in [0.1, 0.15) is 28.9 Å². The molecular weight excluding hydrogens is 169 g/mol. The van der Waals surface area contributed by atoms with Gasteiger partial charge in [-0.25, -0.2) is 4.39 Å². The van der Waals surface area contributed by atoms with Crippen molar-refractivity contribution in [2.24, 2.45) is 5.92 Å². The number of hydrogen-bond donors (Lipinski definition) is 0. The van der Waals surface area contributed by atoms with Crippen molar-refractivity contribution < 1.29 is 9.18 Å². The fourth-order valence-corrected chi connectivity index (χ4v) is 1.34. The Balaban J connectivity index is 2.18. The zero-order chi connectivity index (χ0) is 9.26. The molecule has 2 nitrogen and oxygen atoms in total. The molecule has 0 aromatic carbocycles. The molecule has 0 amide bonds. The lowest BCUT2D eigenvalue weighted by atomic mass is 10.1. The SMILES string of the molecule is O=Cc1ncc(CC2CC2)cc1F. The van der Waals surface area contributed by atoms with Crippen LogP contribution in [0.4, 0.5) is 4.39 Å². The number of carbonyl (C=O) groups is 1. The Morgan fingerprint density at radius 2 is 2.38 bits per heavy atom. The minimum Gasteiger partial charge on any atom is -0.296 e. The summed E-state index contributed by atoms with van der Waals surface area (Å²) in [5, 5.41) is 0. The molecule has 1 fully saturated rings. The predicted molar refractivity (Wildman–Crippen MR) is 46.0 cm³/mol. The highest BCUT2D eigenvalue weighted by Gasteiger charge is 2.21. The summed E-state index contributed by atoms with van der Waals surface area (Å²) in [6.45, 7) is 0. The summed E-state index contributed by atoms with van der Waals surface area (Å²) < 4.78 is 13.0. The third-order valence-corrected chi connectivity index (χ3v) is 2.26. The minimum atomic E-state index is -0.506. The highest BCUT2D eigenvalue weighted by molar-refractivity contribution is 5.71. The van der Waals surface area contributed by atoms with Crippen LogP contribution in [0.5, 0.6) is 0 Å². The molecule has 1 saturated carbocycles. The maximum absolute atomic E-state index is 13.0. The summed E-state index contributed by atoms with van der Waals surface area (Å²) >= 11 is 0. The summed E-state index contributed by atoms with van der Waals surface area (Å²) in [6.07, 6.45) is 5.39. The Kier molecular flexibility index (Phi) is 2.08. The zero-order valence-electron chi connectivity index (χ0n) is 7.16. The molecule has 0 aliphatic heterocycles. The van der Waals surface area contributed by atoms with Crippen LogP contribution >= 0.6 is 0 Å². The molecule has 0 unspecified atom stereocenters. The van der Waals surface area contributed by atoms with E-state index >= 15 is 0 Å². The molecule has 1 aliphatic carbocycles. The first-order chi connectivity index (χ1) is 6.29. The summed E-state index contributed by atoms with van der Waals surface area (Å²) in [7, 11) is 0. The predicted octanol–water partition coefficient (Wildman–Crippen LogP) is 1.99. The fourth-order valence-electron chi connectivity index (χ4n) is 1.34. The third kappa shape index (κ3) is 1.91. The quantitative estimate of drug-likeness (QED) is 0.664. The maximum atomic E-state index is 13.0. The number of hydrogen-bond acceptors (Lipinski definition) is 2. The van der Waals surface area contributed by atoms with Crippen molar-refractivity contribution in [3.8, 4) is 0 Å². The highest BCUT2D eigenvalue weighted by atomic mass is 19.1. The molecule has 0 radical (unpaired) electrons. The van der Waals surface area contributed by atoms with Gasteiger partial charge in [-0.05, 0) is 36.8 Å². The van der Waals surface area contributed by atoms with E-state index in [0.717, 1.165) is 12.0 Å². The van der Waals surface area contributed by atoms with E-state index < -0.39 is 5.82 Å². The lowest BCUT2D eigenvalue weighted by Crippen LogP contribution is -1.96. The van der Waals surface area contributed by atoms with E-state index in [1.807, 2.05) is 0 Å². The Hall–Kier alpha value is -1.25. The molecule has 1 aromatic heterocycles. The number of carbonyl (C=O) groups excluding carboxylic acids is 1. The first-order valence-corrected chi connectivity index (χ1v) is 4.39. The van der Waals surface area contributed by atoms with E-state index in [1.54, 1.807) is 6.20 Å². The molecule has 13 heavy (non-hydrogen) atoms. The second-order valence-electron chi connectivity index (χ2n) is 3.48. The van der Waals surface area contributed by atoms with Gasteiger partial charge >= 0.3 is 0 Å². The minimum absolute atomic E-state index is 0.0976. The molecule has 0 N–H and O–H groups in total. The van der Waals surface area contributed by atoms with Gasteiger partial charge in [0.15, 0.2) is 12.1 Å². The standard InChI is InChI=1S/C10H10FNO/c11-9-4-8(3-7-1-2-7)5-12-10(9)6-13/h4-7H,1-3H2. The molecule has 0 bridgehead atoms. The lowest BCUT2D eigenvalue weighted by Gasteiger charge is -1.99. The Morgan fingerprint density at radius 3 is 2.92 bits per heavy atom. The Bertz CT molecular complexity index is 334. The fraction of sp³-hybridized carbons (Fsp3) is 0.400. The van der Waals surface area contributed by atoms with Crippen LogP contribution in [0.25, 0.3) is 0 Å². The van der Waals surface area contributed by atoms with Crippen molar-refractivity contribution in [3.63, 3.8) is 0 Å². The van der Waals surface area contributed by atoms with Gasteiger partial charge in [0.25, 0.3) is 0 Å². The van der Waals surface area contributed by atoms with E-state index in [2.05, 4.69) is 4.98 Å². The van der Waals surface area contributed by atoms with Crippen molar-refractivity contribution in [2.45, 2.75) is 19.3 Å². The molecule has 3 heteroatoms. The first kappa shape index (κ1) is 8.35. The van der Waals surface area contributed by atoms with Gasteiger partial charge in [-0.1, -0.05) is 0 Å². The van der Waals surface area contributed by atoms with Crippen molar-refractivity contribution in [3.05, 3.63) is 29.3 Å². The van der Waals surface area contributed by atoms with Gasteiger partial charge < -0.3 is 0 Å². The van der Waals surface area contributed by atoms with Crippen LogP contribution in [-0.4, -0.2) is 11.3 Å². The average Bonchev–Trinajstić information content (AvgIpc) is 2.89. The molecule has 1 aliphatic rings. The van der Waals surface area contributed by atoms with E-state index in [9.17, 15) is 9.18 Å². The monoisotopic (exact) mass is 179 g/mol. The number of rotatable bonds is 3. The number of halogens is 1. The second-order valence-corrected chi connectivity index (χ2v) is 3.48. The van der Waals surface area contributed by atoms with Gasteiger partial charge in [-0.3, -0.25) is 9.78 Å². The van der Waals surface area contributed by atoms with Gasteiger partial charge in [0.2, 0.25) is 0 Å². The molecule has 68 valence electrons. The van der Waals surface area contributed by atoms with Crippen LogP contribution in [0.15, 0.2) is 12.3 Å². The largest absolute Gasteiger partial charge is 0.296 e. The Labute approximate surface area is 75.8 Å². The number of aldehydes is 1. The summed E-state index contributed by atoms with van der Waals surface area (Å²) in [4.78, 5) is 14.0. The van der Waals surface area contributed by atoms with E-state index in [4.69, 9.17) is 0 Å². The van der Waals surface area contributed by atoms with Gasteiger partial charge in [-0.2, -0.15) is 0 Å². The van der Waals surface area contributed by atoms with Crippen LogP contribution in [0.3, 0.4) is 0 Å². The summed E-state index contributed by atoms with van der Waals surface area (Å²) in [5.41, 5.74) is 0.796. The van der Waals surface area contributed by atoms with Crippen molar-refractivity contribution >= 4 is 6.29 Å². The zero-order valence-corrected chi connectivity index (χ0v) is 7.16. The third-order valence-electron chi connectivity index (χ3n) is 2.26. The van der Waals surface area contributed by atoms with Crippen LogP contribution in [0, 0.1) is 11.7 Å². The first-order valence-electron chi connectivity index (χ1n) is 4.39.